The summed E-state index contributed by atoms with van der Waals surface area (Å²) in [5.74, 6) is -0.0340. The van der Waals surface area contributed by atoms with Crippen LogP contribution in [0.1, 0.15) is 44.4 Å². The topological polar surface area (TPSA) is 59.8 Å². The monoisotopic (exact) mass is 292 g/mol. The number of thiazole rings is 1. The van der Waals surface area contributed by atoms with Crippen molar-refractivity contribution in [3.8, 4) is 0 Å². The van der Waals surface area contributed by atoms with Crippen molar-refractivity contribution in [3.63, 3.8) is 0 Å². The van der Waals surface area contributed by atoms with E-state index in [1.165, 1.54) is 0 Å². The average molecular weight is 292 g/mol. The van der Waals surface area contributed by atoms with E-state index in [1.54, 1.807) is 34.6 Å². The van der Waals surface area contributed by atoms with Crippen LogP contribution in [-0.4, -0.2) is 20.4 Å². The first-order chi connectivity index (χ1) is 9.38. The molecule has 2 aromatic rings. The average Bonchev–Trinajstić information content (AvgIpc) is 3.04. The molecule has 20 heavy (non-hydrogen) atoms. The van der Waals surface area contributed by atoms with Crippen LogP contribution >= 0.6 is 11.3 Å². The molecule has 1 amide bonds. The lowest BCUT2D eigenvalue weighted by atomic mass is 9.98. The van der Waals surface area contributed by atoms with Gasteiger partial charge in [-0.2, -0.15) is 0 Å². The number of amides is 1. The van der Waals surface area contributed by atoms with E-state index in [0.717, 1.165) is 10.7 Å². The Kier molecular flexibility index (Phi) is 4.23. The number of hydrogen-bond acceptors (Lipinski definition) is 4. The van der Waals surface area contributed by atoms with Crippen molar-refractivity contribution >= 4 is 17.2 Å². The number of nitrogens with zero attached hydrogens (tertiary/aromatic N) is 3. The third kappa shape index (κ3) is 3.45. The summed E-state index contributed by atoms with van der Waals surface area (Å²) in [6, 6.07) is -0.266. The maximum Gasteiger partial charge on any atom is 0.243 e. The quantitative estimate of drug-likeness (QED) is 0.942. The van der Waals surface area contributed by atoms with Gasteiger partial charge in [0.2, 0.25) is 5.91 Å². The summed E-state index contributed by atoms with van der Waals surface area (Å²) < 4.78 is 1.77. The highest BCUT2D eigenvalue weighted by molar-refractivity contribution is 7.09. The first kappa shape index (κ1) is 14.7. The third-order valence-electron chi connectivity index (χ3n) is 2.99. The molecule has 0 aromatic carbocycles. The fourth-order valence-corrected chi connectivity index (χ4v) is 2.60. The van der Waals surface area contributed by atoms with Crippen LogP contribution in [-0.2, 0) is 16.8 Å². The van der Waals surface area contributed by atoms with Crippen LogP contribution < -0.4 is 5.32 Å². The Morgan fingerprint density at radius 1 is 1.50 bits per heavy atom. The fraction of sp³-hybridized carbons (Fsp3) is 0.500. The van der Waals surface area contributed by atoms with Gasteiger partial charge in [-0.25, -0.2) is 9.97 Å². The minimum atomic E-state index is -0.266. The van der Waals surface area contributed by atoms with Crippen molar-refractivity contribution in [2.75, 3.05) is 0 Å². The van der Waals surface area contributed by atoms with Crippen LogP contribution in [0.5, 0.6) is 0 Å². The first-order valence-corrected chi connectivity index (χ1v) is 7.46. The zero-order valence-electron chi connectivity index (χ0n) is 12.3. The Morgan fingerprint density at radius 2 is 2.25 bits per heavy atom. The molecule has 108 valence electrons. The normalized spacial score (nSPS) is 13.2. The van der Waals surface area contributed by atoms with Crippen molar-refractivity contribution < 1.29 is 4.79 Å². The van der Waals surface area contributed by atoms with Crippen molar-refractivity contribution in [1.29, 1.82) is 0 Å². The van der Waals surface area contributed by atoms with Gasteiger partial charge in [0.15, 0.2) is 0 Å². The van der Waals surface area contributed by atoms with Gasteiger partial charge in [-0.1, -0.05) is 20.8 Å². The first-order valence-electron chi connectivity index (χ1n) is 6.58. The molecule has 6 heteroatoms. The van der Waals surface area contributed by atoms with E-state index in [0.29, 0.717) is 6.54 Å². The number of aromatic nitrogens is 3. The van der Waals surface area contributed by atoms with Gasteiger partial charge in [0.05, 0.1) is 23.6 Å². The number of rotatable bonds is 4. The number of carbonyl (C=O) groups excluding carboxylic acids is 1. The van der Waals surface area contributed by atoms with Crippen LogP contribution in [0.15, 0.2) is 24.1 Å². The Balaban J connectivity index is 1.92. The molecular weight excluding hydrogens is 272 g/mol. The summed E-state index contributed by atoms with van der Waals surface area (Å²) in [6.07, 6.45) is 5.09. The maximum atomic E-state index is 12.0. The number of carbonyl (C=O) groups is 1. The van der Waals surface area contributed by atoms with Gasteiger partial charge < -0.3 is 9.88 Å². The molecule has 0 unspecified atom stereocenters. The minimum absolute atomic E-state index is 0.0340. The molecule has 0 aliphatic carbocycles. The maximum absolute atomic E-state index is 12.0. The summed E-state index contributed by atoms with van der Waals surface area (Å²) >= 11 is 1.64. The van der Waals surface area contributed by atoms with Crippen molar-refractivity contribution in [1.82, 2.24) is 19.9 Å². The molecule has 0 aliphatic heterocycles. The molecule has 0 saturated carbocycles. The van der Waals surface area contributed by atoms with E-state index in [2.05, 4.69) is 36.1 Å². The third-order valence-corrected chi connectivity index (χ3v) is 4.31. The Hall–Kier alpha value is -1.69. The fourth-order valence-electron chi connectivity index (χ4n) is 1.69. The zero-order valence-corrected chi connectivity index (χ0v) is 13.1. The Morgan fingerprint density at radius 3 is 2.80 bits per heavy atom. The van der Waals surface area contributed by atoms with Crippen molar-refractivity contribution in [2.45, 2.75) is 45.7 Å². The van der Waals surface area contributed by atoms with E-state index in [-0.39, 0.29) is 17.4 Å². The molecule has 0 bridgehead atoms. The molecule has 0 aliphatic rings. The van der Waals surface area contributed by atoms with Crippen LogP contribution in [0.3, 0.4) is 0 Å². The van der Waals surface area contributed by atoms with Gasteiger partial charge in [-0.3, -0.25) is 4.79 Å². The van der Waals surface area contributed by atoms with Gasteiger partial charge in [0.1, 0.15) is 6.04 Å². The summed E-state index contributed by atoms with van der Waals surface area (Å²) in [6.45, 7) is 8.71. The smallest absolute Gasteiger partial charge is 0.243 e. The highest BCUT2D eigenvalue weighted by Gasteiger charge is 2.19. The zero-order chi connectivity index (χ0) is 14.8. The highest BCUT2D eigenvalue weighted by atomic mass is 32.1. The van der Waals surface area contributed by atoms with E-state index in [1.807, 2.05) is 12.3 Å². The van der Waals surface area contributed by atoms with Crippen molar-refractivity contribution in [2.24, 2.45) is 0 Å². The largest absolute Gasteiger partial charge is 0.349 e. The van der Waals surface area contributed by atoms with Crippen molar-refractivity contribution in [3.05, 3.63) is 34.8 Å². The SMILES string of the molecule is C[C@@H](C(=O)NCc1csc(C(C)(C)C)n1)n1ccnc1. The second-order valence-electron chi connectivity index (χ2n) is 5.80. The predicted octanol–water partition coefficient (Wildman–Crippen LogP) is 2.51. The lowest BCUT2D eigenvalue weighted by Gasteiger charge is -2.14. The second kappa shape index (κ2) is 5.75. The van der Waals surface area contributed by atoms with E-state index < -0.39 is 0 Å². The van der Waals surface area contributed by atoms with E-state index in [4.69, 9.17) is 0 Å². The van der Waals surface area contributed by atoms with Crippen LogP contribution in [0.4, 0.5) is 0 Å². The van der Waals surface area contributed by atoms with Gasteiger partial charge in [-0.05, 0) is 6.92 Å². The molecule has 0 radical (unpaired) electrons. The number of imidazole rings is 1. The molecule has 5 nitrogen and oxygen atoms in total. The van der Waals surface area contributed by atoms with Gasteiger partial charge >= 0.3 is 0 Å². The van der Waals surface area contributed by atoms with Crippen LogP contribution in [0.2, 0.25) is 0 Å². The summed E-state index contributed by atoms with van der Waals surface area (Å²) in [4.78, 5) is 20.5. The highest BCUT2D eigenvalue weighted by Crippen LogP contribution is 2.25. The predicted molar refractivity (Wildman–Crippen MR) is 79.6 cm³/mol. The Labute approximate surface area is 123 Å². The lowest BCUT2D eigenvalue weighted by Crippen LogP contribution is -2.30. The molecule has 1 atom stereocenters. The molecule has 0 saturated heterocycles. The van der Waals surface area contributed by atoms with E-state index >= 15 is 0 Å². The van der Waals surface area contributed by atoms with E-state index in [9.17, 15) is 4.79 Å². The van der Waals surface area contributed by atoms with Gasteiger partial charge in [0.25, 0.3) is 0 Å². The van der Waals surface area contributed by atoms with Crippen LogP contribution in [0.25, 0.3) is 0 Å². The summed E-state index contributed by atoms with van der Waals surface area (Å²) in [7, 11) is 0. The number of nitrogens with one attached hydrogen (secondary N) is 1. The summed E-state index contributed by atoms with van der Waals surface area (Å²) in [5, 5.41) is 6.00. The molecule has 2 heterocycles. The molecule has 2 aromatic heterocycles. The van der Waals surface area contributed by atoms with Crippen LogP contribution in [0, 0.1) is 0 Å². The Bertz CT molecular complexity index is 568. The van der Waals surface area contributed by atoms with Gasteiger partial charge in [0, 0.05) is 23.2 Å². The molecule has 0 spiro atoms. The second-order valence-corrected chi connectivity index (χ2v) is 6.66. The number of hydrogen-bond donors (Lipinski definition) is 1. The minimum Gasteiger partial charge on any atom is -0.349 e. The van der Waals surface area contributed by atoms with Gasteiger partial charge in [-0.15, -0.1) is 11.3 Å². The lowest BCUT2D eigenvalue weighted by molar-refractivity contribution is -0.124. The molecule has 0 fully saturated rings. The molecule has 2 rings (SSSR count). The molecular formula is C14H20N4OS. The standard InChI is InChI=1S/C14H20N4OS/c1-10(18-6-5-15-9-18)12(19)16-7-11-8-20-13(17-11)14(2,3)4/h5-6,8-10H,7H2,1-4H3,(H,16,19)/t10-/m0/s1. The summed E-state index contributed by atoms with van der Waals surface area (Å²) in [5.41, 5.74) is 0.961. The molecule has 1 N–H and O–H groups in total.